The molecule has 0 amide bonds. The van der Waals surface area contributed by atoms with E-state index in [2.05, 4.69) is 16.0 Å². The predicted molar refractivity (Wildman–Crippen MR) is 77.2 cm³/mol. The van der Waals surface area contributed by atoms with E-state index in [1.54, 1.807) is 18.9 Å². The number of hydrogen-bond acceptors (Lipinski definition) is 5. The number of ether oxygens (including phenoxy) is 1. The molecule has 0 saturated carbocycles. The van der Waals surface area contributed by atoms with Crippen molar-refractivity contribution >= 4 is 11.8 Å². The van der Waals surface area contributed by atoms with Gasteiger partial charge in [-0.25, -0.2) is 9.97 Å². The fourth-order valence-corrected chi connectivity index (χ4v) is 2.38. The van der Waals surface area contributed by atoms with E-state index in [0.717, 1.165) is 27.8 Å². The summed E-state index contributed by atoms with van der Waals surface area (Å²) in [5, 5.41) is 0.785. The molecule has 0 fully saturated rings. The number of hydrogen-bond donors (Lipinski definition) is 1. The van der Waals surface area contributed by atoms with E-state index in [4.69, 9.17) is 10.5 Å². The fourth-order valence-electron chi connectivity index (χ4n) is 1.65. The van der Waals surface area contributed by atoms with Gasteiger partial charge in [0.15, 0.2) is 5.16 Å². The summed E-state index contributed by atoms with van der Waals surface area (Å²) in [5.74, 6) is 1.65. The minimum absolute atomic E-state index is 0.484. The van der Waals surface area contributed by atoms with E-state index in [0.29, 0.717) is 6.54 Å². The van der Waals surface area contributed by atoms with Gasteiger partial charge in [-0.15, -0.1) is 0 Å². The van der Waals surface area contributed by atoms with Crippen LogP contribution < -0.4 is 10.5 Å². The van der Waals surface area contributed by atoms with E-state index in [-0.39, 0.29) is 0 Å². The molecule has 5 heteroatoms. The summed E-state index contributed by atoms with van der Waals surface area (Å²) in [4.78, 5) is 8.54. The zero-order chi connectivity index (χ0) is 13.7. The van der Waals surface area contributed by atoms with E-state index in [9.17, 15) is 0 Å². The van der Waals surface area contributed by atoms with E-state index >= 15 is 0 Å². The molecule has 0 aliphatic carbocycles. The monoisotopic (exact) mass is 275 g/mol. The van der Waals surface area contributed by atoms with Crippen LogP contribution in [0, 0.1) is 6.92 Å². The number of aryl methyl sites for hydroxylation is 1. The second-order valence-electron chi connectivity index (χ2n) is 4.18. The standard InChI is InChI=1S/C14H17N3OS/c1-10-7-16-14(17-8-10)19-9-11-3-4-12(6-15)13(5-11)18-2/h3-5,7-8H,6,9,15H2,1-2H3. The molecular formula is C14H17N3OS. The Balaban J connectivity index is 2.05. The van der Waals surface area contributed by atoms with Crippen LogP contribution in [0.5, 0.6) is 5.75 Å². The maximum absolute atomic E-state index is 5.65. The van der Waals surface area contributed by atoms with Crippen molar-refractivity contribution in [2.75, 3.05) is 7.11 Å². The van der Waals surface area contributed by atoms with Gasteiger partial charge in [-0.05, 0) is 24.1 Å². The second-order valence-corrected chi connectivity index (χ2v) is 5.12. The van der Waals surface area contributed by atoms with Crippen molar-refractivity contribution in [3.8, 4) is 5.75 Å². The molecule has 100 valence electrons. The Morgan fingerprint density at radius 1 is 1.26 bits per heavy atom. The van der Waals surface area contributed by atoms with Crippen molar-refractivity contribution in [1.82, 2.24) is 9.97 Å². The average Bonchev–Trinajstić information content (AvgIpc) is 2.46. The van der Waals surface area contributed by atoms with Gasteiger partial charge in [0, 0.05) is 30.3 Å². The van der Waals surface area contributed by atoms with E-state index in [1.807, 2.05) is 31.5 Å². The molecule has 0 aliphatic rings. The lowest BCUT2D eigenvalue weighted by Crippen LogP contribution is -2.00. The minimum atomic E-state index is 0.484. The largest absolute Gasteiger partial charge is 0.496 e. The number of aromatic nitrogens is 2. The van der Waals surface area contributed by atoms with Gasteiger partial charge in [0.05, 0.1) is 7.11 Å². The molecule has 19 heavy (non-hydrogen) atoms. The lowest BCUT2D eigenvalue weighted by Gasteiger charge is -2.08. The number of rotatable bonds is 5. The van der Waals surface area contributed by atoms with Crippen LogP contribution in [-0.2, 0) is 12.3 Å². The first kappa shape index (κ1) is 13.8. The Morgan fingerprint density at radius 2 is 2.00 bits per heavy atom. The molecule has 0 unspecified atom stereocenters. The highest BCUT2D eigenvalue weighted by atomic mass is 32.2. The molecule has 0 saturated heterocycles. The van der Waals surface area contributed by atoms with Crippen molar-refractivity contribution in [3.05, 3.63) is 47.3 Å². The summed E-state index contributed by atoms with van der Waals surface area (Å²) in [6.07, 6.45) is 3.65. The van der Waals surface area contributed by atoms with Crippen LogP contribution in [0.2, 0.25) is 0 Å². The minimum Gasteiger partial charge on any atom is -0.496 e. The summed E-state index contributed by atoms with van der Waals surface area (Å²) in [6, 6.07) is 6.08. The molecule has 1 aromatic heterocycles. The van der Waals surface area contributed by atoms with Gasteiger partial charge in [0.2, 0.25) is 0 Å². The van der Waals surface area contributed by atoms with E-state index < -0.39 is 0 Å². The Labute approximate surface area is 117 Å². The van der Waals surface area contributed by atoms with Crippen molar-refractivity contribution in [1.29, 1.82) is 0 Å². The molecule has 0 aliphatic heterocycles. The summed E-state index contributed by atoms with van der Waals surface area (Å²) in [5.41, 5.74) is 8.90. The Morgan fingerprint density at radius 3 is 2.63 bits per heavy atom. The van der Waals surface area contributed by atoms with Crippen LogP contribution in [0.25, 0.3) is 0 Å². The number of nitrogens with zero attached hydrogens (tertiary/aromatic N) is 2. The molecule has 2 rings (SSSR count). The Bertz CT molecular complexity index is 543. The topological polar surface area (TPSA) is 61.0 Å². The third-order valence-electron chi connectivity index (χ3n) is 2.70. The normalized spacial score (nSPS) is 10.5. The molecule has 0 radical (unpaired) electrons. The molecule has 4 nitrogen and oxygen atoms in total. The first-order chi connectivity index (χ1) is 9.22. The van der Waals surface area contributed by atoms with Crippen molar-refractivity contribution < 1.29 is 4.74 Å². The molecule has 0 spiro atoms. The average molecular weight is 275 g/mol. The zero-order valence-corrected chi connectivity index (χ0v) is 11.9. The van der Waals surface area contributed by atoms with Crippen molar-refractivity contribution in [2.24, 2.45) is 5.73 Å². The first-order valence-corrected chi connectivity index (χ1v) is 6.99. The Hall–Kier alpha value is -1.59. The molecular weight excluding hydrogens is 258 g/mol. The molecule has 2 N–H and O–H groups in total. The van der Waals surface area contributed by atoms with Crippen LogP contribution in [0.4, 0.5) is 0 Å². The van der Waals surface area contributed by atoms with Crippen LogP contribution in [0.3, 0.4) is 0 Å². The molecule has 0 bridgehead atoms. The van der Waals surface area contributed by atoms with Gasteiger partial charge in [-0.3, -0.25) is 0 Å². The third-order valence-corrected chi connectivity index (χ3v) is 3.64. The zero-order valence-electron chi connectivity index (χ0n) is 11.1. The predicted octanol–water partition coefficient (Wildman–Crippen LogP) is 2.54. The molecule has 1 aromatic carbocycles. The molecule has 1 heterocycles. The van der Waals surface area contributed by atoms with Gasteiger partial charge in [-0.1, -0.05) is 23.9 Å². The second kappa shape index (κ2) is 6.54. The summed E-state index contributed by atoms with van der Waals surface area (Å²) < 4.78 is 5.32. The maximum Gasteiger partial charge on any atom is 0.187 e. The number of thioether (sulfide) groups is 1. The number of benzene rings is 1. The fraction of sp³-hybridized carbons (Fsp3) is 0.286. The van der Waals surface area contributed by atoms with Crippen LogP contribution in [0.1, 0.15) is 16.7 Å². The molecule has 0 atom stereocenters. The van der Waals surface area contributed by atoms with Crippen LogP contribution >= 0.6 is 11.8 Å². The smallest absolute Gasteiger partial charge is 0.187 e. The summed E-state index contributed by atoms with van der Waals surface area (Å²) in [6.45, 7) is 2.46. The summed E-state index contributed by atoms with van der Waals surface area (Å²) in [7, 11) is 1.66. The van der Waals surface area contributed by atoms with Gasteiger partial charge < -0.3 is 10.5 Å². The first-order valence-electron chi connectivity index (χ1n) is 6.00. The summed E-state index contributed by atoms with van der Waals surface area (Å²) >= 11 is 1.61. The number of methoxy groups -OCH3 is 1. The van der Waals surface area contributed by atoms with Gasteiger partial charge in [0.25, 0.3) is 0 Å². The SMILES string of the molecule is COc1cc(CSc2ncc(C)cn2)ccc1CN. The third kappa shape index (κ3) is 3.68. The van der Waals surface area contributed by atoms with Crippen molar-refractivity contribution in [2.45, 2.75) is 24.4 Å². The molecule has 2 aromatic rings. The quantitative estimate of drug-likeness (QED) is 0.671. The lowest BCUT2D eigenvalue weighted by molar-refractivity contribution is 0.409. The highest BCUT2D eigenvalue weighted by molar-refractivity contribution is 7.98. The maximum atomic E-state index is 5.65. The highest BCUT2D eigenvalue weighted by Crippen LogP contribution is 2.24. The van der Waals surface area contributed by atoms with Gasteiger partial charge >= 0.3 is 0 Å². The number of nitrogens with two attached hydrogens (primary N) is 1. The van der Waals surface area contributed by atoms with Gasteiger partial charge in [0.1, 0.15) is 5.75 Å². The van der Waals surface area contributed by atoms with Crippen LogP contribution in [-0.4, -0.2) is 17.1 Å². The van der Waals surface area contributed by atoms with Gasteiger partial charge in [-0.2, -0.15) is 0 Å². The Kier molecular flexibility index (Phi) is 4.76. The van der Waals surface area contributed by atoms with E-state index in [1.165, 1.54) is 5.56 Å². The highest BCUT2D eigenvalue weighted by Gasteiger charge is 2.04. The van der Waals surface area contributed by atoms with Crippen molar-refractivity contribution in [3.63, 3.8) is 0 Å². The lowest BCUT2D eigenvalue weighted by atomic mass is 10.1. The van der Waals surface area contributed by atoms with Crippen LogP contribution in [0.15, 0.2) is 35.7 Å².